The smallest absolute Gasteiger partial charge is 0.236 e. The molecule has 0 saturated carbocycles. The molecule has 0 radical (unpaired) electrons. The Kier molecular flexibility index (Phi) is 3.29. The monoisotopic (exact) mass is 334 g/mol. The van der Waals surface area contributed by atoms with E-state index in [0.717, 1.165) is 8.04 Å². The maximum absolute atomic E-state index is 11.1. The van der Waals surface area contributed by atoms with E-state index in [0.29, 0.717) is 5.56 Å². The van der Waals surface area contributed by atoms with Gasteiger partial charge in [0, 0.05) is 13.6 Å². The summed E-state index contributed by atoms with van der Waals surface area (Å²) in [5, 5.41) is 0. The molecule has 0 spiro atoms. The summed E-state index contributed by atoms with van der Waals surface area (Å²) in [6, 6.07) is 5.47. The molecule has 0 aromatic heterocycles. The van der Waals surface area contributed by atoms with E-state index < -0.39 is 0 Å². The third kappa shape index (κ3) is 2.08. The van der Waals surface area contributed by atoms with Crippen molar-refractivity contribution < 1.29 is 4.79 Å². The number of Topliss-reactive ketones (excluding diaryl/α,β-unsaturated/α-hetero) is 1. The third-order valence-electron chi connectivity index (χ3n) is 1.30. The molecule has 0 bridgehead atoms. The Morgan fingerprint density at radius 2 is 2.25 bits per heavy atom. The molecule has 0 amide bonds. The van der Waals surface area contributed by atoms with Crippen LogP contribution in [0.15, 0.2) is 22.7 Å². The SMILES string of the molecule is C#CC(=O)c1cc(I)ccc1Br. The summed E-state index contributed by atoms with van der Waals surface area (Å²) < 4.78 is 1.74. The average molecular weight is 335 g/mol. The lowest BCUT2D eigenvalue weighted by atomic mass is 10.1. The third-order valence-corrected chi connectivity index (χ3v) is 2.67. The van der Waals surface area contributed by atoms with Gasteiger partial charge in [-0.05, 0) is 46.7 Å². The van der Waals surface area contributed by atoms with E-state index in [1.165, 1.54) is 0 Å². The van der Waals surface area contributed by atoms with Crippen LogP contribution in [-0.4, -0.2) is 5.78 Å². The topological polar surface area (TPSA) is 17.1 Å². The number of carbonyl (C=O) groups is 1. The second-order valence-corrected chi connectivity index (χ2v) is 4.20. The summed E-state index contributed by atoms with van der Waals surface area (Å²) in [5.74, 6) is 1.79. The van der Waals surface area contributed by atoms with Crippen LogP contribution in [0.5, 0.6) is 0 Å². The van der Waals surface area contributed by atoms with Crippen molar-refractivity contribution in [2.75, 3.05) is 0 Å². The molecule has 0 N–H and O–H groups in total. The van der Waals surface area contributed by atoms with Crippen molar-refractivity contribution in [3.63, 3.8) is 0 Å². The zero-order valence-electron chi connectivity index (χ0n) is 5.97. The van der Waals surface area contributed by atoms with Gasteiger partial charge in [-0.3, -0.25) is 4.79 Å². The van der Waals surface area contributed by atoms with Crippen LogP contribution in [0.25, 0.3) is 0 Å². The van der Waals surface area contributed by atoms with Gasteiger partial charge in [0.1, 0.15) is 0 Å². The van der Waals surface area contributed by atoms with Crippen molar-refractivity contribution in [3.05, 3.63) is 31.8 Å². The lowest BCUT2D eigenvalue weighted by Crippen LogP contribution is -1.96. The molecule has 0 aliphatic carbocycles. The standard InChI is InChI=1S/C9H4BrIO/c1-2-9(12)7-5-6(11)3-4-8(7)10/h1,3-5H. The second-order valence-electron chi connectivity index (χ2n) is 2.10. The van der Waals surface area contributed by atoms with Crippen molar-refractivity contribution in [1.82, 2.24) is 0 Å². The lowest BCUT2D eigenvalue weighted by Gasteiger charge is -1.98. The maximum atomic E-state index is 11.1. The van der Waals surface area contributed by atoms with E-state index in [4.69, 9.17) is 6.42 Å². The lowest BCUT2D eigenvalue weighted by molar-refractivity contribution is 0.105. The molecule has 60 valence electrons. The number of hydrogen-bond acceptors (Lipinski definition) is 1. The Hall–Kier alpha value is -0.340. The minimum Gasteiger partial charge on any atom is -0.279 e. The van der Waals surface area contributed by atoms with Gasteiger partial charge in [-0.25, -0.2) is 0 Å². The molecular weight excluding hydrogens is 331 g/mol. The zero-order valence-corrected chi connectivity index (χ0v) is 9.72. The first kappa shape index (κ1) is 9.75. The van der Waals surface area contributed by atoms with Crippen LogP contribution in [-0.2, 0) is 0 Å². The summed E-state index contributed by atoms with van der Waals surface area (Å²) in [5.41, 5.74) is 0.546. The number of ketones is 1. The first-order valence-electron chi connectivity index (χ1n) is 3.11. The van der Waals surface area contributed by atoms with Crippen molar-refractivity contribution in [1.29, 1.82) is 0 Å². The molecule has 1 aromatic carbocycles. The molecule has 0 unspecified atom stereocenters. The van der Waals surface area contributed by atoms with Gasteiger partial charge in [0.25, 0.3) is 0 Å². The summed E-state index contributed by atoms with van der Waals surface area (Å²) in [6.45, 7) is 0. The second kappa shape index (κ2) is 4.06. The van der Waals surface area contributed by atoms with Crippen LogP contribution in [0.1, 0.15) is 10.4 Å². The highest BCUT2D eigenvalue weighted by Gasteiger charge is 2.06. The van der Waals surface area contributed by atoms with E-state index in [-0.39, 0.29) is 5.78 Å². The van der Waals surface area contributed by atoms with E-state index >= 15 is 0 Å². The number of hydrogen-bond donors (Lipinski definition) is 0. The van der Waals surface area contributed by atoms with Crippen molar-refractivity contribution >= 4 is 44.3 Å². The van der Waals surface area contributed by atoms with Gasteiger partial charge in [0.05, 0.1) is 0 Å². The van der Waals surface area contributed by atoms with Crippen LogP contribution in [0.2, 0.25) is 0 Å². The van der Waals surface area contributed by atoms with Gasteiger partial charge in [0.2, 0.25) is 5.78 Å². The van der Waals surface area contributed by atoms with Gasteiger partial charge >= 0.3 is 0 Å². The molecule has 0 aliphatic heterocycles. The summed E-state index contributed by atoms with van der Waals surface area (Å²) in [7, 11) is 0. The molecule has 0 heterocycles. The predicted octanol–water partition coefficient (Wildman–Crippen LogP) is 2.87. The van der Waals surface area contributed by atoms with Gasteiger partial charge in [-0.2, -0.15) is 0 Å². The Balaban J connectivity index is 3.25. The van der Waals surface area contributed by atoms with E-state index in [1.54, 1.807) is 6.07 Å². The summed E-state index contributed by atoms with van der Waals surface area (Å²) >= 11 is 5.38. The van der Waals surface area contributed by atoms with Gasteiger partial charge < -0.3 is 0 Å². The molecule has 1 nitrogen and oxygen atoms in total. The average Bonchev–Trinajstić information content (AvgIpc) is 2.08. The molecular formula is C9H4BrIO. The van der Waals surface area contributed by atoms with Crippen molar-refractivity contribution in [3.8, 4) is 12.3 Å². The molecule has 1 rings (SSSR count). The number of carbonyl (C=O) groups excluding carboxylic acids is 1. The largest absolute Gasteiger partial charge is 0.279 e. The number of halogens is 2. The Labute approximate surface area is 92.8 Å². The van der Waals surface area contributed by atoms with E-state index in [2.05, 4.69) is 44.4 Å². The molecule has 1 aromatic rings. The first-order chi connectivity index (χ1) is 5.65. The summed E-state index contributed by atoms with van der Waals surface area (Å²) in [4.78, 5) is 11.1. The Morgan fingerprint density at radius 3 is 2.83 bits per heavy atom. The van der Waals surface area contributed by atoms with Crippen LogP contribution < -0.4 is 0 Å². The maximum Gasteiger partial charge on any atom is 0.236 e. The Bertz CT molecular complexity index is 365. The van der Waals surface area contributed by atoms with Gasteiger partial charge in [0.15, 0.2) is 0 Å². The van der Waals surface area contributed by atoms with Crippen molar-refractivity contribution in [2.45, 2.75) is 0 Å². The molecule has 3 heteroatoms. The van der Waals surface area contributed by atoms with Crippen molar-refractivity contribution in [2.24, 2.45) is 0 Å². The fraction of sp³-hybridized carbons (Fsp3) is 0. The zero-order chi connectivity index (χ0) is 9.14. The van der Waals surface area contributed by atoms with E-state index in [1.807, 2.05) is 12.1 Å². The van der Waals surface area contributed by atoms with Crippen LogP contribution >= 0.6 is 38.5 Å². The molecule has 0 fully saturated rings. The first-order valence-corrected chi connectivity index (χ1v) is 4.98. The highest BCUT2D eigenvalue weighted by Crippen LogP contribution is 2.19. The number of benzene rings is 1. The molecule has 0 saturated heterocycles. The van der Waals surface area contributed by atoms with Gasteiger partial charge in [-0.15, -0.1) is 6.42 Å². The fourth-order valence-corrected chi connectivity index (χ4v) is 1.67. The van der Waals surface area contributed by atoms with E-state index in [9.17, 15) is 4.79 Å². The number of rotatable bonds is 1. The number of terminal acetylenes is 1. The molecule has 0 aliphatic rings. The normalized spacial score (nSPS) is 9.08. The fourth-order valence-electron chi connectivity index (χ4n) is 0.749. The minimum absolute atomic E-state index is 0.291. The minimum atomic E-state index is -0.291. The van der Waals surface area contributed by atoms with Crippen LogP contribution in [0.4, 0.5) is 0 Å². The van der Waals surface area contributed by atoms with Gasteiger partial charge in [-0.1, -0.05) is 15.9 Å². The van der Waals surface area contributed by atoms with Crippen LogP contribution in [0, 0.1) is 15.9 Å². The van der Waals surface area contributed by atoms with Crippen LogP contribution in [0.3, 0.4) is 0 Å². The molecule has 0 atom stereocenters. The summed E-state index contributed by atoms with van der Waals surface area (Å²) in [6.07, 6.45) is 5.00. The molecule has 12 heavy (non-hydrogen) atoms. The highest BCUT2D eigenvalue weighted by atomic mass is 127. The highest BCUT2D eigenvalue weighted by molar-refractivity contribution is 14.1. The predicted molar refractivity (Wildman–Crippen MR) is 60.0 cm³/mol. The Morgan fingerprint density at radius 1 is 1.58 bits per heavy atom. The quantitative estimate of drug-likeness (QED) is 0.334.